The highest BCUT2D eigenvalue weighted by Gasteiger charge is 2.31. The van der Waals surface area contributed by atoms with Gasteiger partial charge in [0.25, 0.3) is 0 Å². The molecule has 1 fully saturated rings. The molecule has 1 N–H and O–H groups in total. The molecule has 0 amide bonds. The number of ether oxygens (including phenoxy) is 3. The number of rotatable bonds is 6. The van der Waals surface area contributed by atoms with E-state index in [1.165, 1.54) is 5.56 Å². The van der Waals surface area contributed by atoms with Gasteiger partial charge in [-0.3, -0.25) is 4.99 Å². The van der Waals surface area contributed by atoms with Gasteiger partial charge in [0.05, 0.1) is 6.54 Å². The topological polar surface area (TPSA) is 55.3 Å². The number of hydrogen-bond acceptors (Lipinski definition) is 5. The molecule has 1 aromatic carbocycles. The maximum atomic E-state index is 5.53. The Morgan fingerprint density at radius 2 is 2.00 bits per heavy atom. The normalized spacial score (nSPS) is 18.0. The third-order valence-corrected chi connectivity index (χ3v) is 6.31. The quantitative estimate of drug-likeness (QED) is 0.362. The molecule has 0 saturated carbocycles. The smallest absolute Gasteiger partial charge is 0.231 e. The van der Waals surface area contributed by atoms with Gasteiger partial charge in [-0.15, -0.1) is 24.0 Å². The number of benzene rings is 1. The Morgan fingerprint density at radius 3 is 2.70 bits per heavy atom. The molecular formula is C19H30IN3O3S. The van der Waals surface area contributed by atoms with Crippen molar-refractivity contribution in [2.75, 3.05) is 46.4 Å². The minimum Gasteiger partial charge on any atom is -0.454 e. The van der Waals surface area contributed by atoms with Crippen LogP contribution >= 0.6 is 35.7 Å². The van der Waals surface area contributed by atoms with E-state index in [-0.39, 0.29) is 28.7 Å². The average molecular weight is 507 g/mol. The fourth-order valence-corrected chi connectivity index (χ4v) is 4.02. The van der Waals surface area contributed by atoms with Gasteiger partial charge in [-0.05, 0) is 43.7 Å². The van der Waals surface area contributed by atoms with E-state index in [1.807, 2.05) is 23.9 Å². The number of nitrogens with zero attached hydrogens (tertiary/aromatic N) is 2. The summed E-state index contributed by atoms with van der Waals surface area (Å²) in [6, 6.07) is 6.10. The number of hydrogen-bond donors (Lipinski definition) is 1. The monoisotopic (exact) mass is 507 g/mol. The Hall–Kier alpha value is -0.870. The summed E-state index contributed by atoms with van der Waals surface area (Å²) in [7, 11) is 2.07. The van der Waals surface area contributed by atoms with E-state index in [0.29, 0.717) is 6.79 Å². The van der Waals surface area contributed by atoms with Crippen molar-refractivity contribution >= 4 is 41.7 Å². The first kappa shape index (κ1) is 22.4. The molecule has 152 valence electrons. The number of thioether (sulfide) groups is 1. The second kappa shape index (κ2) is 10.6. The van der Waals surface area contributed by atoms with E-state index in [4.69, 9.17) is 19.2 Å². The molecule has 0 radical (unpaired) electrons. The highest BCUT2D eigenvalue weighted by atomic mass is 127. The average Bonchev–Trinajstić information content (AvgIpc) is 3.13. The van der Waals surface area contributed by atoms with Crippen molar-refractivity contribution in [1.82, 2.24) is 10.2 Å². The van der Waals surface area contributed by atoms with Crippen LogP contribution in [0, 0.1) is 0 Å². The van der Waals surface area contributed by atoms with Crippen molar-refractivity contribution in [2.24, 2.45) is 4.99 Å². The highest BCUT2D eigenvalue weighted by molar-refractivity contribution is 14.0. The van der Waals surface area contributed by atoms with Crippen LogP contribution in [0.25, 0.3) is 0 Å². The maximum Gasteiger partial charge on any atom is 0.231 e. The van der Waals surface area contributed by atoms with Gasteiger partial charge in [-0.1, -0.05) is 6.07 Å². The predicted molar refractivity (Wildman–Crippen MR) is 122 cm³/mol. The Balaban J connectivity index is 0.00000261. The lowest BCUT2D eigenvalue weighted by molar-refractivity contribution is 0.0793. The van der Waals surface area contributed by atoms with Crippen molar-refractivity contribution in [1.29, 1.82) is 0 Å². The van der Waals surface area contributed by atoms with Crippen LogP contribution in [-0.2, 0) is 11.3 Å². The summed E-state index contributed by atoms with van der Waals surface area (Å²) in [5.74, 6) is 2.57. The molecule has 2 aliphatic heterocycles. The summed E-state index contributed by atoms with van der Waals surface area (Å²) < 4.78 is 16.6. The molecule has 2 aliphatic rings. The Kier molecular flexibility index (Phi) is 8.81. The van der Waals surface area contributed by atoms with Crippen molar-refractivity contribution in [2.45, 2.75) is 31.1 Å². The van der Waals surface area contributed by atoms with Gasteiger partial charge < -0.3 is 24.4 Å². The Morgan fingerprint density at radius 1 is 1.26 bits per heavy atom. The van der Waals surface area contributed by atoms with Gasteiger partial charge in [0.15, 0.2) is 17.5 Å². The van der Waals surface area contributed by atoms with Crippen LogP contribution in [0.15, 0.2) is 23.2 Å². The standard InChI is InChI=1S/C19H29N3O3S.HI/c1-4-20-18(21-13-19(26-3)7-9-23-10-8-19)22(2)12-15-5-6-16-17(11-15)25-14-24-16;/h5-6,11H,4,7-10,12-14H2,1-3H3,(H,20,21);1H. The summed E-state index contributed by atoms with van der Waals surface area (Å²) in [5.41, 5.74) is 1.17. The van der Waals surface area contributed by atoms with E-state index in [2.05, 4.69) is 36.5 Å². The van der Waals surface area contributed by atoms with Crippen molar-refractivity contribution in [3.63, 3.8) is 0 Å². The molecule has 0 unspecified atom stereocenters. The van der Waals surface area contributed by atoms with Crippen LogP contribution in [0.3, 0.4) is 0 Å². The lowest BCUT2D eigenvalue weighted by Gasteiger charge is -2.34. The highest BCUT2D eigenvalue weighted by Crippen LogP contribution is 2.34. The minimum absolute atomic E-state index is 0. The lowest BCUT2D eigenvalue weighted by Crippen LogP contribution is -2.41. The minimum atomic E-state index is 0. The zero-order chi connectivity index (χ0) is 18.4. The van der Waals surface area contributed by atoms with E-state index in [1.54, 1.807) is 0 Å². The fraction of sp³-hybridized carbons (Fsp3) is 0.632. The third kappa shape index (κ3) is 5.80. The number of nitrogens with one attached hydrogen (secondary N) is 1. The first-order valence-corrected chi connectivity index (χ1v) is 10.4. The predicted octanol–water partition coefficient (Wildman–Crippen LogP) is 3.34. The van der Waals surface area contributed by atoms with E-state index in [9.17, 15) is 0 Å². The number of fused-ring (bicyclic) bond motifs is 1. The van der Waals surface area contributed by atoms with Crippen molar-refractivity contribution in [3.05, 3.63) is 23.8 Å². The summed E-state index contributed by atoms with van der Waals surface area (Å²) in [6.07, 6.45) is 4.30. The fourth-order valence-electron chi connectivity index (χ4n) is 3.25. The Bertz CT molecular complexity index is 639. The number of aliphatic imine (C=N–C) groups is 1. The van der Waals surface area contributed by atoms with Crippen LogP contribution in [0.1, 0.15) is 25.3 Å². The molecule has 2 heterocycles. The van der Waals surface area contributed by atoms with E-state index >= 15 is 0 Å². The van der Waals surface area contributed by atoms with Gasteiger partial charge in [-0.2, -0.15) is 11.8 Å². The first-order valence-electron chi connectivity index (χ1n) is 9.17. The van der Waals surface area contributed by atoms with Gasteiger partial charge in [0, 0.05) is 38.1 Å². The molecular weight excluding hydrogens is 477 g/mol. The zero-order valence-corrected chi connectivity index (χ0v) is 19.5. The molecule has 0 atom stereocenters. The summed E-state index contributed by atoms with van der Waals surface area (Å²) in [4.78, 5) is 7.11. The van der Waals surface area contributed by atoms with E-state index < -0.39 is 0 Å². The molecule has 0 aliphatic carbocycles. The summed E-state index contributed by atoms with van der Waals surface area (Å²) in [6.45, 7) is 6.49. The van der Waals surface area contributed by atoms with Crippen LogP contribution in [0.5, 0.6) is 11.5 Å². The molecule has 6 nitrogen and oxygen atoms in total. The molecule has 1 saturated heterocycles. The lowest BCUT2D eigenvalue weighted by atomic mass is 9.99. The van der Waals surface area contributed by atoms with Gasteiger partial charge in [0.1, 0.15) is 0 Å². The van der Waals surface area contributed by atoms with Gasteiger partial charge in [-0.25, -0.2) is 0 Å². The summed E-state index contributed by atoms with van der Waals surface area (Å²) in [5, 5.41) is 3.42. The van der Waals surface area contributed by atoms with Crippen LogP contribution in [0.2, 0.25) is 0 Å². The molecule has 8 heteroatoms. The second-order valence-corrected chi connectivity index (χ2v) is 7.99. The van der Waals surface area contributed by atoms with Gasteiger partial charge >= 0.3 is 0 Å². The van der Waals surface area contributed by atoms with Crippen LogP contribution in [-0.4, -0.2) is 62.0 Å². The Labute approximate surface area is 183 Å². The number of halogens is 1. The molecule has 1 aromatic rings. The van der Waals surface area contributed by atoms with E-state index in [0.717, 1.165) is 63.1 Å². The van der Waals surface area contributed by atoms with Crippen molar-refractivity contribution < 1.29 is 14.2 Å². The molecule has 0 aromatic heterocycles. The first-order chi connectivity index (χ1) is 12.7. The molecule has 0 bridgehead atoms. The maximum absolute atomic E-state index is 5.53. The van der Waals surface area contributed by atoms with Crippen LogP contribution in [0.4, 0.5) is 0 Å². The largest absolute Gasteiger partial charge is 0.454 e. The number of guanidine groups is 1. The third-order valence-electron chi connectivity index (χ3n) is 4.91. The second-order valence-electron chi connectivity index (χ2n) is 6.71. The SMILES string of the molecule is CCNC(=NCC1(SC)CCOCC1)N(C)Cc1ccc2c(c1)OCO2.I. The van der Waals surface area contributed by atoms with Gasteiger partial charge in [0.2, 0.25) is 6.79 Å². The zero-order valence-electron chi connectivity index (χ0n) is 16.3. The summed E-state index contributed by atoms with van der Waals surface area (Å²) >= 11 is 1.92. The van der Waals surface area contributed by atoms with Crippen molar-refractivity contribution in [3.8, 4) is 11.5 Å². The molecule has 3 rings (SSSR count). The molecule has 27 heavy (non-hydrogen) atoms. The molecule has 0 spiro atoms. The van der Waals surface area contributed by atoms with Crippen LogP contribution < -0.4 is 14.8 Å².